The lowest BCUT2D eigenvalue weighted by atomic mass is 10.0. The maximum Gasteiger partial charge on any atom is 0.294 e. The van der Waals surface area contributed by atoms with E-state index >= 15 is 0 Å². The Morgan fingerprint density at radius 2 is 1.64 bits per heavy atom. The summed E-state index contributed by atoms with van der Waals surface area (Å²) in [5.41, 5.74) is 1.83. The number of piperazine rings is 1. The minimum atomic E-state index is -4.19. The molecule has 2 atom stereocenters. The molecule has 1 aliphatic heterocycles. The van der Waals surface area contributed by atoms with Crippen molar-refractivity contribution in [3.63, 3.8) is 0 Å². The van der Waals surface area contributed by atoms with Crippen LogP contribution in [0, 0.1) is 20.2 Å². The number of hydrogen-bond acceptors (Lipinski definition) is 12. The van der Waals surface area contributed by atoms with Crippen molar-refractivity contribution < 1.29 is 33.0 Å². The van der Waals surface area contributed by atoms with E-state index in [0.29, 0.717) is 48.3 Å². The van der Waals surface area contributed by atoms with E-state index in [-0.39, 0.29) is 55.4 Å². The summed E-state index contributed by atoms with van der Waals surface area (Å²) in [7, 11) is -2.46. The summed E-state index contributed by atoms with van der Waals surface area (Å²) in [4.78, 5) is 53.3. The van der Waals surface area contributed by atoms with Crippen LogP contribution in [-0.2, 0) is 32.7 Å². The van der Waals surface area contributed by atoms with E-state index in [1.165, 1.54) is 22.5 Å². The van der Waals surface area contributed by atoms with Crippen molar-refractivity contribution in [2.75, 3.05) is 40.0 Å². The van der Waals surface area contributed by atoms with Gasteiger partial charge in [-0.2, -0.15) is 4.31 Å². The molecule has 0 aliphatic carbocycles. The molecule has 18 heteroatoms. The Labute approximate surface area is 271 Å². The molecule has 1 aliphatic rings. The van der Waals surface area contributed by atoms with E-state index in [2.05, 4.69) is 14.7 Å². The number of likely N-dealkylation sites (N-methyl/N-ethyl adjacent to an activating group) is 1. The highest BCUT2D eigenvalue weighted by Crippen LogP contribution is 2.34. The Kier molecular flexibility index (Phi) is 11.8. The molecule has 1 saturated heterocycles. The van der Waals surface area contributed by atoms with Gasteiger partial charge in [0.1, 0.15) is 17.1 Å². The first-order valence-corrected chi connectivity index (χ1v) is 17.0. The van der Waals surface area contributed by atoms with Crippen LogP contribution >= 0.6 is 0 Å². The van der Waals surface area contributed by atoms with Gasteiger partial charge in [-0.25, -0.2) is 13.4 Å². The molecule has 4 rings (SSSR count). The highest BCUT2D eigenvalue weighted by molar-refractivity contribution is 7.89. The molecule has 0 bridgehead atoms. The van der Waals surface area contributed by atoms with Gasteiger partial charge in [0.15, 0.2) is 0 Å². The summed E-state index contributed by atoms with van der Waals surface area (Å²) < 4.78 is 37.5. The number of nitrogens with zero attached hydrogens (tertiary/aromatic N) is 6. The van der Waals surface area contributed by atoms with Crippen molar-refractivity contribution >= 4 is 21.1 Å². The lowest BCUT2D eigenvalue weighted by Gasteiger charge is -2.44. The number of H-pyrrole nitrogens is 1. The van der Waals surface area contributed by atoms with E-state index in [1.54, 1.807) is 7.05 Å². The number of aromatic nitrogens is 3. The number of aromatic amines is 1. The summed E-state index contributed by atoms with van der Waals surface area (Å²) in [6.07, 6.45) is 4.42. The number of rotatable bonds is 17. The summed E-state index contributed by atoms with van der Waals surface area (Å²) >= 11 is 0. The fraction of sp³-hybridized carbons (Fsp3) is 0.586. The molecule has 47 heavy (non-hydrogen) atoms. The average molecular weight is 680 g/mol. The van der Waals surface area contributed by atoms with Crippen LogP contribution in [0.1, 0.15) is 52.0 Å². The van der Waals surface area contributed by atoms with Crippen molar-refractivity contribution in [2.45, 2.75) is 76.4 Å². The van der Waals surface area contributed by atoms with Crippen molar-refractivity contribution in [1.82, 2.24) is 23.7 Å². The van der Waals surface area contributed by atoms with Gasteiger partial charge in [0.2, 0.25) is 10.0 Å². The van der Waals surface area contributed by atoms with Crippen LogP contribution in [0.25, 0.3) is 22.4 Å². The zero-order valence-corrected chi connectivity index (χ0v) is 27.7. The van der Waals surface area contributed by atoms with Crippen molar-refractivity contribution in [2.24, 2.45) is 0 Å². The molecular formula is C29H41N7O10S. The quantitative estimate of drug-likeness (QED) is 0.161. The fourth-order valence-electron chi connectivity index (χ4n) is 5.85. The lowest BCUT2D eigenvalue weighted by Crippen LogP contribution is -2.58. The second-order valence-corrected chi connectivity index (χ2v) is 13.2. The summed E-state index contributed by atoms with van der Waals surface area (Å²) in [6.45, 7) is 6.28. The van der Waals surface area contributed by atoms with Crippen LogP contribution in [0.5, 0.6) is 5.75 Å². The summed E-state index contributed by atoms with van der Waals surface area (Å²) in [6, 6.07) is 3.39. The van der Waals surface area contributed by atoms with Crippen LogP contribution in [0.2, 0.25) is 0 Å². The van der Waals surface area contributed by atoms with Crippen LogP contribution in [0.3, 0.4) is 0 Å². The maximum atomic E-state index is 14.2. The molecule has 0 saturated carbocycles. The number of hydrogen-bond donors (Lipinski definition) is 1. The standard InChI is InChI=1S/C29H41N7O10S/c1-5-8-20-17-33(7-3)27-26(20)30-28(31-29(27)37)24-16-23(9-10-25(24)44-13-6-2)47(42,43)34-18-21(11-14-45-35(38)39)32(4)22(19-34)12-15-46-36(40)41/h9-10,16-17,21-22H,5-8,11-15,18-19H2,1-4H3,(H,30,31,37)/t21-,22+. The minimum absolute atomic E-state index is 0.0120. The third-order valence-electron chi connectivity index (χ3n) is 8.24. The second-order valence-electron chi connectivity index (χ2n) is 11.3. The molecule has 17 nitrogen and oxygen atoms in total. The Hall–Kier alpha value is -4.29. The second kappa shape index (κ2) is 15.5. The number of aryl methyl sites for hydroxylation is 2. The molecule has 2 aromatic heterocycles. The van der Waals surface area contributed by atoms with Gasteiger partial charge < -0.3 is 24.0 Å². The van der Waals surface area contributed by atoms with Gasteiger partial charge in [-0.05, 0) is 63.4 Å². The van der Waals surface area contributed by atoms with Gasteiger partial charge in [0, 0.05) is 37.9 Å². The Morgan fingerprint density at radius 3 is 2.19 bits per heavy atom. The van der Waals surface area contributed by atoms with Crippen molar-refractivity contribution in [1.29, 1.82) is 0 Å². The van der Waals surface area contributed by atoms with Gasteiger partial charge in [-0.15, -0.1) is 20.2 Å². The Balaban J connectivity index is 1.76. The first-order chi connectivity index (χ1) is 22.4. The largest absolute Gasteiger partial charge is 0.493 e. The lowest BCUT2D eigenvalue weighted by molar-refractivity contribution is -0.758. The summed E-state index contributed by atoms with van der Waals surface area (Å²) in [5, 5.41) is 19.7. The SMILES string of the molecule is CCCOc1ccc(S(=O)(=O)N2C[C@@H](CCO[N+](=O)[O-])N(C)[C@@H](CCO[N+](=O)[O-])C2)cc1-c1nc2c(CCC)cn(CC)c2c(=O)[nH]1. The van der Waals surface area contributed by atoms with E-state index in [0.717, 1.165) is 12.0 Å². The van der Waals surface area contributed by atoms with Gasteiger partial charge in [0.05, 0.1) is 35.8 Å². The zero-order chi connectivity index (χ0) is 34.3. The van der Waals surface area contributed by atoms with Crippen LogP contribution in [0.4, 0.5) is 0 Å². The molecule has 0 radical (unpaired) electrons. The van der Waals surface area contributed by atoms with Crippen LogP contribution in [-0.4, -0.2) is 94.4 Å². The topological polar surface area (TPSA) is 205 Å². The molecule has 0 spiro atoms. The molecule has 0 unspecified atom stereocenters. The number of fused-ring (bicyclic) bond motifs is 1. The number of nitrogens with one attached hydrogen (secondary N) is 1. The monoisotopic (exact) mass is 679 g/mol. The van der Waals surface area contributed by atoms with Gasteiger partial charge in [-0.3, -0.25) is 9.69 Å². The first kappa shape index (κ1) is 35.6. The smallest absolute Gasteiger partial charge is 0.294 e. The van der Waals surface area contributed by atoms with E-state index in [1.807, 2.05) is 36.4 Å². The van der Waals surface area contributed by atoms with Gasteiger partial charge in [-0.1, -0.05) is 20.3 Å². The average Bonchev–Trinajstić information content (AvgIpc) is 3.39. The molecule has 0 amide bonds. The summed E-state index contributed by atoms with van der Waals surface area (Å²) in [5.74, 6) is 0.517. The molecular weight excluding hydrogens is 638 g/mol. The Morgan fingerprint density at radius 1 is 1.00 bits per heavy atom. The number of sulfonamides is 1. The molecule has 1 N–H and O–H groups in total. The van der Waals surface area contributed by atoms with Gasteiger partial charge >= 0.3 is 0 Å². The highest BCUT2D eigenvalue weighted by atomic mass is 32.2. The van der Waals surface area contributed by atoms with Crippen LogP contribution < -0.4 is 10.3 Å². The predicted octanol–water partition coefficient (Wildman–Crippen LogP) is 3.02. The van der Waals surface area contributed by atoms with Gasteiger partial charge in [0.25, 0.3) is 15.7 Å². The third kappa shape index (κ3) is 8.17. The Bertz CT molecular complexity index is 1710. The normalized spacial score (nSPS) is 17.5. The van der Waals surface area contributed by atoms with E-state index < -0.39 is 32.3 Å². The number of ether oxygens (including phenoxy) is 1. The van der Waals surface area contributed by atoms with E-state index in [4.69, 9.17) is 9.72 Å². The molecule has 3 aromatic rings. The van der Waals surface area contributed by atoms with Crippen molar-refractivity contribution in [3.8, 4) is 17.1 Å². The minimum Gasteiger partial charge on any atom is -0.493 e. The van der Waals surface area contributed by atoms with Crippen LogP contribution in [0.15, 0.2) is 34.1 Å². The maximum absolute atomic E-state index is 14.2. The predicted molar refractivity (Wildman–Crippen MR) is 170 cm³/mol. The molecule has 1 fully saturated rings. The molecule has 3 heterocycles. The fourth-order valence-corrected chi connectivity index (χ4v) is 7.40. The van der Waals surface area contributed by atoms with Crippen molar-refractivity contribution in [3.05, 3.63) is 60.5 Å². The number of benzene rings is 1. The molecule has 258 valence electrons. The molecule has 1 aromatic carbocycles. The third-order valence-corrected chi connectivity index (χ3v) is 10.1. The first-order valence-electron chi connectivity index (χ1n) is 15.6. The zero-order valence-electron chi connectivity index (χ0n) is 26.9. The highest BCUT2D eigenvalue weighted by Gasteiger charge is 2.38. The van der Waals surface area contributed by atoms with E-state index in [9.17, 15) is 33.4 Å².